The Labute approximate surface area is 122 Å². The number of anilines is 2. The zero-order chi connectivity index (χ0) is 13.3. The zero-order valence-electron chi connectivity index (χ0n) is 8.85. The summed E-state index contributed by atoms with van der Waals surface area (Å²) < 4.78 is 27.2. The summed E-state index contributed by atoms with van der Waals surface area (Å²) in [6.45, 7) is 0. The summed E-state index contributed by atoms with van der Waals surface area (Å²) >= 11 is 10.2. The predicted octanol–water partition coefficient (Wildman–Crippen LogP) is 3.55. The average Bonchev–Trinajstić information content (AvgIpc) is 2.72. The van der Waals surface area contributed by atoms with Gasteiger partial charge >= 0.3 is 0 Å². The Balaban J connectivity index is 2.37. The molecule has 8 heteroatoms. The number of benzene rings is 1. The maximum atomic E-state index is 12.1. The third-order valence-electron chi connectivity index (χ3n) is 2.06. The van der Waals surface area contributed by atoms with Gasteiger partial charge in [-0.25, -0.2) is 8.42 Å². The van der Waals surface area contributed by atoms with Gasteiger partial charge in [0, 0.05) is 11.1 Å². The summed E-state index contributed by atoms with van der Waals surface area (Å²) in [5.41, 5.74) is 6.32. The Morgan fingerprint density at radius 3 is 2.72 bits per heavy atom. The molecule has 0 fully saturated rings. The lowest BCUT2D eigenvalue weighted by Gasteiger charge is -2.08. The maximum Gasteiger partial charge on any atom is 0.271 e. The van der Waals surface area contributed by atoms with Crippen molar-refractivity contribution in [1.82, 2.24) is 0 Å². The van der Waals surface area contributed by atoms with E-state index in [0.29, 0.717) is 20.9 Å². The van der Waals surface area contributed by atoms with Gasteiger partial charge < -0.3 is 5.73 Å². The van der Waals surface area contributed by atoms with E-state index in [0.717, 1.165) is 11.3 Å². The van der Waals surface area contributed by atoms with Crippen LogP contribution < -0.4 is 10.5 Å². The molecule has 4 nitrogen and oxygen atoms in total. The van der Waals surface area contributed by atoms with Gasteiger partial charge in [-0.05, 0) is 34.1 Å². The van der Waals surface area contributed by atoms with Crippen LogP contribution in [0.3, 0.4) is 0 Å². The first kappa shape index (κ1) is 13.7. The van der Waals surface area contributed by atoms with Gasteiger partial charge in [0.25, 0.3) is 10.0 Å². The summed E-state index contributed by atoms with van der Waals surface area (Å²) in [5, 5.41) is 2.00. The number of nitrogen functional groups attached to an aromatic ring is 1. The van der Waals surface area contributed by atoms with Crippen molar-refractivity contribution in [3.05, 3.63) is 39.1 Å². The van der Waals surface area contributed by atoms with Crippen molar-refractivity contribution in [2.24, 2.45) is 0 Å². The van der Waals surface area contributed by atoms with Crippen molar-refractivity contribution in [2.75, 3.05) is 10.5 Å². The van der Waals surface area contributed by atoms with Crippen LogP contribution in [0.25, 0.3) is 0 Å². The van der Waals surface area contributed by atoms with Gasteiger partial charge in [0.2, 0.25) is 0 Å². The van der Waals surface area contributed by atoms with E-state index in [2.05, 4.69) is 20.7 Å². The number of hydrogen-bond donors (Lipinski definition) is 2. The minimum atomic E-state index is -3.63. The Kier molecular flexibility index (Phi) is 3.86. The lowest BCUT2D eigenvalue weighted by atomic mass is 10.3. The highest BCUT2D eigenvalue weighted by atomic mass is 79.9. The second-order valence-electron chi connectivity index (χ2n) is 3.41. The highest BCUT2D eigenvalue weighted by Crippen LogP contribution is 2.32. The molecule has 1 aromatic carbocycles. The van der Waals surface area contributed by atoms with Gasteiger partial charge in [-0.15, -0.1) is 11.3 Å². The van der Waals surface area contributed by atoms with E-state index < -0.39 is 10.0 Å². The molecule has 2 rings (SSSR count). The predicted molar refractivity (Wildman–Crippen MR) is 78.7 cm³/mol. The number of hydrogen-bond acceptors (Lipinski definition) is 4. The molecular formula is C10H8BrClN2O2S2. The highest BCUT2D eigenvalue weighted by molar-refractivity contribution is 9.10. The lowest BCUT2D eigenvalue weighted by Crippen LogP contribution is -2.11. The quantitative estimate of drug-likeness (QED) is 0.871. The third kappa shape index (κ3) is 2.80. The molecule has 0 aliphatic heterocycles. The molecule has 2 aromatic rings. The highest BCUT2D eigenvalue weighted by Gasteiger charge is 2.18. The van der Waals surface area contributed by atoms with Crippen molar-refractivity contribution < 1.29 is 8.42 Å². The van der Waals surface area contributed by atoms with Crippen LogP contribution in [0, 0.1) is 0 Å². The summed E-state index contributed by atoms with van der Waals surface area (Å²) in [6, 6.07) is 6.34. The molecule has 0 amide bonds. The Morgan fingerprint density at radius 1 is 1.39 bits per heavy atom. The van der Waals surface area contributed by atoms with Gasteiger partial charge in [0.1, 0.15) is 4.21 Å². The number of halogens is 2. The molecule has 0 unspecified atom stereocenters. The van der Waals surface area contributed by atoms with E-state index >= 15 is 0 Å². The van der Waals surface area contributed by atoms with E-state index in [1.807, 2.05) is 0 Å². The average molecular weight is 368 g/mol. The van der Waals surface area contributed by atoms with Crippen LogP contribution >= 0.6 is 38.9 Å². The molecule has 0 saturated carbocycles. The Morgan fingerprint density at radius 2 is 2.11 bits per heavy atom. The standard InChI is InChI=1S/C10H8BrClN2O2S2/c11-10-7(12)2-1-3-8(10)14-18(15,16)9-4-6(13)5-17-9/h1-5,14H,13H2. The molecule has 0 saturated heterocycles. The number of rotatable bonds is 3. The van der Waals surface area contributed by atoms with E-state index in [9.17, 15) is 8.42 Å². The summed E-state index contributed by atoms with van der Waals surface area (Å²) in [6.07, 6.45) is 0. The first-order chi connectivity index (χ1) is 8.40. The van der Waals surface area contributed by atoms with Gasteiger partial charge in [-0.1, -0.05) is 17.7 Å². The third-order valence-corrected chi connectivity index (χ3v) is 6.28. The Bertz CT molecular complexity index is 685. The SMILES string of the molecule is Nc1csc(S(=O)(=O)Nc2cccc(Cl)c2Br)c1. The first-order valence-electron chi connectivity index (χ1n) is 4.71. The van der Waals surface area contributed by atoms with Crippen LogP contribution in [-0.4, -0.2) is 8.42 Å². The molecule has 0 aliphatic rings. The second kappa shape index (κ2) is 5.08. The van der Waals surface area contributed by atoms with Gasteiger partial charge in [-0.3, -0.25) is 4.72 Å². The normalized spacial score (nSPS) is 11.4. The largest absolute Gasteiger partial charge is 0.398 e. The molecule has 0 atom stereocenters. The van der Waals surface area contributed by atoms with Crippen molar-refractivity contribution in [1.29, 1.82) is 0 Å². The molecule has 1 heterocycles. The smallest absolute Gasteiger partial charge is 0.271 e. The van der Waals surface area contributed by atoms with Gasteiger partial charge in [0.15, 0.2) is 0 Å². The van der Waals surface area contributed by atoms with Gasteiger partial charge in [0.05, 0.1) is 15.2 Å². The molecule has 0 aliphatic carbocycles. The molecule has 1 aromatic heterocycles. The zero-order valence-corrected chi connectivity index (χ0v) is 12.8. The topological polar surface area (TPSA) is 72.2 Å². The van der Waals surface area contributed by atoms with Crippen molar-refractivity contribution in [2.45, 2.75) is 4.21 Å². The fourth-order valence-electron chi connectivity index (χ4n) is 1.25. The second-order valence-corrected chi connectivity index (χ2v) is 7.43. The number of nitrogens with two attached hydrogens (primary N) is 1. The number of sulfonamides is 1. The van der Waals surface area contributed by atoms with E-state index in [1.54, 1.807) is 23.6 Å². The van der Waals surface area contributed by atoms with Crippen molar-refractivity contribution in [3.8, 4) is 0 Å². The van der Waals surface area contributed by atoms with Crippen LogP contribution in [0.1, 0.15) is 0 Å². The van der Waals surface area contributed by atoms with Crippen LogP contribution in [0.5, 0.6) is 0 Å². The molecule has 0 bridgehead atoms. The lowest BCUT2D eigenvalue weighted by molar-refractivity contribution is 0.603. The first-order valence-corrected chi connectivity index (χ1v) is 8.24. The van der Waals surface area contributed by atoms with E-state index in [-0.39, 0.29) is 4.21 Å². The fraction of sp³-hybridized carbons (Fsp3) is 0. The van der Waals surface area contributed by atoms with Crippen LogP contribution in [0.2, 0.25) is 5.02 Å². The number of thiophene rings is 1. The minimum Gasteiger partial charge on any atom is -0.398 e. The monoisotopic (exact) mass is 366 g/mol. The summed E-state index contributed by atoms with van der Waals surface area (Å²) in [7, 11) is -3.63. The Hall–Kier alpha value is -0.760. The number of nitrogens with one attached hydrogen (secondary N) is 1. The molecule has 3 N–H and O–H groups in total. The maximum absolute atomic E-state index is 12.1. The minimum absolute atomic E-state index is 0.159. The molecule has 0 spiro atoms. The van der Waals surface area contributed by atoms with Crippen molar-refractivity contribution in [3.63, 3.8) is 0 Å². The molecule has 96 valence electrons. The van der Waals surface area contributed by atoms with E-state index in [1.165, 1.54) is 6.07 Å². The molecular weight excluding hydrogens is 360 g/mol. The summed E-state index contributed by atoms with van der Waals surface area (Å²) in [5.74, 6) is 0. The van der Waals surface area contributed by atoms with Gasteiger partial charge in [-0.2, -0.15) is 0 Å². The van der Waals surface area contributed by atoms with Crippen LogP contribution in [-0.2, 0) is 10.0 Å². The van der Waals surface area contributed by atoms with Crippen molar-refractivity contribution >= 4 is 60.3 Å². The van der Waals surface area contributed by atoms with E-state index in [4.69, 9.17) is 17.3 Å². The molecule has 18 heavy (non-hydrogen) atoms. The summed E-state index contributed by atoms with van der Waals surface area (Å²) in [4.78, 5) is 0. The van der Waals surface area contributed by atoms with Crippen LogP contribution in [0.4, 0.5) is 11.4 Å². The fourth-order valence-corrected chi connectivity index (χ4v) is 4.07. The van der Waals surface area contributed by atoms with Crippen LogP contribution in [0.15, 0.2) is 38.3 Å². The molecule has 0 radical (unpaired) electrons.